The number of carbonyl (C=O) groups is 2. The number of rotatable bonds is 2. The lowest BCUT2D eigenvalue weighted by Crippen LogP contribution is -2.69. The van der Waals surface area contributed by atoms with Crippen molar-refractivity contribution >= 4 is 23.7 Å². The predicted octanol–water partition coefficient (Wildman–Crippen LogP) is 3.68. The second-order valence-corrected chi connectivity index (χ2v) is 16.0. The van der Waals surface area contributed by atoms with E-state index < -0.39 is 46.9 Å². The molecule has 2 saturated heterocycles. The largest absolute Gasteiger partial charge is 0.504 e. The first-order valence-corrected chi connectivity index (χ1v) is 19.0. The van der Waals surface area contributed by atoms with E-state index in [1.165, 1.54) is 25.8 Å². The fourth-order valence-electron chi connectivity index (χ4n) is 9.94. The van der Waals surface area contributed by atoms with Crippen molar-refractivity contribution in [2.75, 3.05) is 39.9 Å². The Balaban J connectivity index is 1.33. The van der Waals surface area contributed by atoms with Gasteiger partial charge in [-0.05, 0) is 68.1 Å². The molecule has 1 unspecified atom stereocenters. The number of nitriles is 1. The summed E-state index contributed by atoms with van der Waals surface area (Å²) in [7, 11) is 3.39. The smallest absolute Gasteiger partial charge is 0.331 e. The van der Waals surface area contributed by atoms with Crippen LogP contribution in [-0.2, 0) is 32.7 Å². The molecule has 14 nitrogen and oxygen atoms in total. The van der Waals surface area contributed by atoms with Crippen LogP contribution in [0, 0.1) is 25.2 Å². The van der Waals surface area contributed by atoms with E-state index in [9.17, 15) is 30.2 Å². The Hall–Kier alpha value is -4.88. The highest BCUT2D eigenvalue weighted by atomic mass is 32.2. The summed E-state index contributed by atoms with van der Waals surface area (Å²) in [6.45, 7) is 5.03. The SMILES string of the molecule is COc1cc2c(cc1O)CCN[C@]21CS[C@@H]2c3c(OC(C)=O)c(C)c4c(c3[C@@H](COC1=O)N1C2[C@H]2c3c(cc(C)c(O)c3O)C[C@@H]([C@@H]1C#N)N2C)OCO4. The highest BCUT2D eigenvalue weighted by Gasteiger charge is 2.61. The average molecular weight is 757 g/mol. The van der Waals surface area contributed by atoms with Gasteiger partial charge in [-0.15, -0.1) is 11.8 Å². The highest BCUT2D eigenvalue weighted by molar-refractivity contribution is 7.99. The van der Waals surface area contributed by atoms with E-state index in [2.05, 4.69) is 21.2 Å². The Morgan fingerprint density at radius 1 is 1.07 bits per heavy atom. The quantitative estimate of drug-likeness (QED) is 0.169. The van der Waals surface area contributed by atoms with E-state index in [1.807, 2.05) is 20.0 Å². The van der Waals surface area contributed by atoms with Crippen molar-refractivity contribution in [2.45, 2.75) is 74.6 Å². The van der Waals surface area contributed by atoms with Gasteiger partial charge in [0, 0.05) is 53.6 Å². The lowest BCUT2D eigenvalue weighted by Gasteiger charge is -2.62. The normalized spacial score (nSPS) is 29.3. The van der Waals surface area contributed by atoms with Crippen molar-refractivity contribution in [2.24, 2.45) is 0 Å². The maximum absolute atomic E-state index is 14.7. The van der Waals surface area contributed by atoms with Crippen LogP contribution in [0.5, 0.6) is 40.2 Å². The number of phenolic OH excluding ortho intramolecular Hbond substituents is 3. The number of nitrogens with zero attached hydrogens (tertiary/aromatic N) is 3. The van der Waals surface area contributed by atoms with Crippen molar-refractivity contribution in [1.29, 1.82) is 5.26 Å². The number of ether oxygens (including phenoxy) is 5. The molecule has 15 heteroatoms. The van der Waals surface area contributed by atoms with Crippen LogP contribution < -0.4 is 24.3 Å². The van der Waals surface area contributed by atoms with Gasteiger partial charge in [-0.2, -0.15) is 5.26 Å². The van der Waals surface area contributed by atoms with Crippen molar-refractivity contribution < 1.29 is 48.6 Å². The molecule has 7 heterocycles. The molecule has 7 atom stereocenters. The molecule has 282 valence electrons. The Morgan fingerprint density at radius 2 is 1.85 bits per heavy atom. The van der Waals surface area contributed by atoms with E-state index in [0.717, 1.165) is 11.1 Å². The Morgan fingerprint density at radius 3 is 2.59 bits per heavy atom. The summed E-state index contributed by atoms with van der Waals surface area (Å²) >= 11 is 1.44. The number of aryl methyl sites for hydroxylation is 1. The summed E-state index contributed by atoms with van der Waals surface area (Å²) in [6.07, 6.45) is 0.979. The van der Waals surface area contributed by atoms with Crippen LogP contribution in [0.3, 0.4) is 0 Å². The molecule has 10 rings (SSSR count). The molecule has 2 fully saturated rings. The van der Waals surface area contributed by atoms with Crippen LogP contribution in [0.15, 0.2) is 18.2 Å². The molecular weight excluding hydrogens is 717 g/mol. The number of phenols is 3. The van der Waals surface area contributed by atoms with Crippen molar-refractivity contribution in [1.82, 2.24) is 15.1 Å². The molecule has 7 aliphatic heterocycles. The monoisotopic (exact) mass is 756 g/mol. The first-order chi connectivity index (χ1) is 25.9. The zero-order valence-corrected chi connectivity index (χ0v) is 31.2. The van der Waals surface area contributed by atoms with Gasteiger partial charge >= 0.3 is 11.9 Å². The lowest BCUT2D eigenvalue weighted by atomic mass is 9.71. The lowest BCUT2D eigenvalue weighted by molar-refractivity contribution is -0.157. The number of likely N-dealkylation sites (N-methyl/N-ethyl adjacent to an activating group) is 1. The van der Waals surface area contributed by atoms with Crippen LogP contribution in [-0.4, -0.2) is 95.0 Å². The zero-order chi connectivity index (χ0) is 38.0. The van der Waals surface area contributed by atoms with E-state index in [-0.39, 0.29) is 48.2 Å². The van der Waals surface area contributed by atoms with Gasteiger partial charge in [0.05, 0.1) is 30.5 Å². The van der Waals surface area contributed by atoms with E-state index in [4.69, 9.17) is 23.7 Å². The Bertz CT molecular complexity index is 2210. The number of hydrogen-bond acceptors (Lipinski definition) is 15. The minimum absolute atomic E-state index is 0.0352. The zero-order valence-electron chi connectivity index (χ0n) is 30.4. The summed E-state index contributed by atoms with van der Waals surface area (Å²) in [5, 5.41) is 47.5. The van der Waals surface area contributed by atoms with Crippen LogP contribution in [0.1, 0.15) is 68.8 Å². The van der Waals surface area contributed by atoms with Gasteiger partial charge in [0.1, 0.15) is 18.4 Å². The van der Waals surface area contributed by atoms with Gasteiger partial charge in [0.25, 0.3) is 0 Å². The maximum Gasteiger partial charge on any atom is 0.331 e. The third-order valence-electron chi connectivity index (χ3n) is 12.3. The number of benzene rings is 3. The van der Waals surface area contributed by atoms with Gasteiger partial charge in [0.15, 0.2) is 40.0 Å². The summed E-state index contributed by atoms with van der Waals surface area (Å²) in [6, 6.07) is 4.81. The molecule has 4 N–H and O–H groups in total. The van der Waals surface area contributed by atoms with E-state index >= 15 is 0 Å². The van der Waals surface area contributed by atoms with Crippen LogP contribution in [0.25, 0.3) is 0 Å². The number of hydrogen-bond donors (Lipinski definition) is 4. The molecule has 0 aromatic heterocycles. The number of carbonyl (C=O) groups excluding carboxylic acids is 2. The number of aromatic hydroxyl groups is 3. The third kappa shape index (κ3) is 4.63. The summed E-state index contributed by atoms with van der Waals surface area (Å²) in [5.41, 5.74) is 3.79. The number of esters is 2. The molecule has 1 spiro atoms. The summed E-state index contributed by atoms with van der Waals surface area (Å²) in [5.74, 6) is -0.0274. The number of fused-ring (bicyclic) bond motifs is 9. The molecular formula is C39H40N4O10S. The maximum atomic E-state index is 14.7. The van der Waals surface area contributed by atoms with Crippen LogP contribution in [0.2, 0.25) is 0 Å². The fraction of sp³-hybridized carbons (Fsp3) is 0.462. The minimum atomic E-state index is -1.38. The second-order valence-electron chi connectivity index (χ2n) is 14.9. The van der Waals surface area contributed by atoms with Gasteiger partial charge in [-0.1, -0.05) is 6.07 Å². The molecule has 0 saturated carbocycles. The van der Waals surface area contributed by atoms with Crippen LogP contribution >= 0.6 is 11.8 Å². The minimum Gasteiger partial charge on any atom is -0.504 e. The standard InChI is InChI=1S/C39H40N4O10S/c1-16-8-20-9-22-23(12-40)43-24-13-50-38(48)39(21-11-26(49-5)25(45)10-19(21)6-7-41-39)14-54-37(31(43)30(42(22)4)27(20)33(47)32(16)46)29-28(24)36-35(51-15-52-36)17(2)34(29)53-18(3)44/h8,10-11,22-24,30-31,37,41,45-47H,6-7,9,13-15H2,1-5H3/t22-,23-,24+,30+,31?,37+,39+/m0/s1. The molecule has 0 amide bonds. The Kier molecular flexibility index (Phi) is 7.95. The molecule has 3 aromatic rings. The molecule has 4 bridgehead atoms. The number of nitrogens with one attached hydrogen (secondary N) is 1. The number of piperazine rings is 1. The summed E-state index contributed by atoms with van der Waals surface area (Å²) < 4.78 is 30.2. The predicted molar refractivity (Wildman–Crippen MR) is 193 cm³/mol. The first-order valence-electron chi connectivity index (χ1n) is 17.9. The second kappa shape index (κ2) is 12.3. The molecule has 3 aromatic carbocycles. The number of thioether (sulfide) groups is 1. The van der Waals surface area contributed by atoms with Crippen LogP contribution in [0.4, 0.5) is 0 Å². The van der Waals surface area contributed by atoms with E-state index in [1.54, 1.807) is 19.1 Å². The molecule has 0 aliphatic carbocycles. The van der Waals surface area contributed by atoms with Gasteiger partial charge < -0.3 is 39.0 Å². The third-order valence-corrected chi connectivity index (χ3v) is 13.7. The van der Waals surface area contributed by atoms with Gasteiger partial charge in [0.2, 0.25) is 6.79 Å². The van der Waals surface area contributed by atoms with Crippen molar-refractivity contribution in [3.8, 4) is 46.3 Å². The summed E-state index contributed by atoms with van der Waals surface area (Å²) in [4.78, 5) is 31.8. The van der Waals surface area contributed by atoms with E-state index in [0.29, 0.717) is 70.0 Å². The highest BCUT2D eigenvalue weighted by Crippen LogP contribution is 2.64. The van der Waals surface area contributed by atoms with Crippen molar-refractivity contribution in [3.63, 3.8) is 0 Å². The molecule has 0 radical (unpaired) electrons. The first kappa shape index (κ1) is 34.9. The average Bonchev–Trinajstić information content (AvgIpc) is 3.64. The van der Waals surface area contributed by atoms with Gasteiger partial charge in [-0.25, -0.2) is 4.79 Å². The van der Waals surface area contributed by atoms with Crippen molar-refractivity contribution in [3.05, 3.63) is 62.7 Å². The number of methoxy groups -OCH3 is 1. The Labute approximate surface area is 315 Å². The van der Waals surface area contributed by atoms with Gasteiger partial charge in [-0.3, -0.25) is 19.9 Å². The molecule has 7 aliphatic rings. The topological polar surface area (TPSA) is 183 Å². The fourth-order valence-corrected chi connectivity index (χ4v) is 11.6. The molecule has 54 heavy (non-hydrogen) atoms.